The molecule has 6 heteroatoms. The van der Waals surface area contributed by atoms with E-state index in [0.717, 1.165) is 16.5 Å². The van der Waals surface area contributed by atoms with Crippen molar-refractivity contribution in [1.29, 1.82) is 5.26 Å². The topological polar surface area (TPSA) is 93.4 Å². The highest BCUT2D eigenvalue weighted by Crippen LogP contribution is 2.23. The van der Waals surface area contributed by atoms with Gasteiger partial charge in [0.05, 0.1) is 11.9 Å². The van der Waals surface area contributed by atoms with Crippen LogP contribution in [-0.2, 0) is 0 Å². The summed E-state index contributed by atoms with van der Waals surface area (Å²) < 4.78 is 1.44. The number of anilines is 1. The van der Waals surface area contributed by atoms with Crippen LogP contribution in [0, 0.1) is 18.3 Å². The Balaban J connectivity index is 2.35. The van der Waals surface area contributed by atoms with Crippen LogP contribution in [0.5, 0.6) is 0 Å². The normalized spacial score (nSPS) is 10.5. The van der Waals surface area contributed by atoms with E-state index in [1.807, 2.05) is 37.3 Å². The van der Waals surface area contributed by atoms with Gasteiger partial charge in [-0.3, -0.25) is 0 Å². The smallest absolute Gasteiger partial charge is 0.185 e. The summed E-state index contributed by atoms with van der Waals surface area (Å²) in [6.07, 6.45) is 1.42. The van der Waals surface area contributed by atoms with Crippen LogP contribution in [0.4, 0.5) is 5.82 Å². The van der Waals surface area contributed by atoms with Gasteiger partial charge in [0.25, 0.3) is 0 Å². The van der Waals surface area contributed by atoms with Gasteiger partial charge in [0.15, 0.2) is 5.82 Å². The lowest BCUT2D eigenvalue weighted by Gasteiger charge is -2.07. The van der Waals surface area contributed by atoms with Gasteiger partial charge >= 0.3 is 0 Å². The maximum Gasteiger partial charge on any atom is 0.185 e. The van der Waals surface area contributed by atoms with E-state index in [4.69, 9.17) is 11.0 Å². The molecule has 0 saturated heterocycles. The van der Waals surface area contributed by atoms with Crippen LogP contribution >= 0.6 is 0 Å². The van der Waals surface area contributed by atoms with Crippen molar-refractivity contribution in [2.24, 2.45) is 0 Å². The van der Waals surface area contributed by atoms with Gasteiger partial charge in [-0.2, -0.15) is 20.1 Å². The molecule has 6 nitrogen and oxygen atoms in total. The third-order valence-corrected chi connectivity index (χ3v) is 2.98. The van der Waals surface area contributed by atoms with Gasteiger partial charge in [0.1, 0.15) is 17.5 Å². The summed E-state index contributed by atoms with van der Waals surface area (Å²) in [6, 6.07) is 9.74. The lowest BCUT2D eigenvalue weighted by atomic mass is 10.1. The maximum atomic E-state index is 8.92. The second kappa shape index (κ2) is 4.07. The number of hydrogen-bond donors (Lipinski definition) is 1. The predicted octanol–water partition coefficient (Wildman–Crippen LogP) is 1.58. The molecular weight excluding hydrogens is 240 g/mol. The summed E-state index contributed by atoms with van der Waals surface area (Å²) in [5, 5.41) is 23.2. The van der Waals surface area contributed by atoms with Crippen molar-refractivity contribution < 1.29 is 0 Å². The number of nitrogens with two attached hydrogens (primary N) is 1. The Bertz CT molecular complexity index is 812. The SMILES string of the molecule is Cc1nnc(-n2ncc(C#N)c2N)c2ccccc12. The van der Waals surface area contributed by atoms with Crippen LogP contribution in [0.3, 0.4) is 0 Å². The molecule has 3 aromatic rings. The van der Waals surface area contributed by atoms with Gasteiger partial charge in [-0.15, -0.1) is 5.10 Å². The Morgan fingerprint density at radius 2 is 1.95 bits per heavy atom. The minimum atomic E-state index is 0.269. The molecule has 3 rings (SSSR count). The van der Waals surface area contributed by atoms with E-state index in [0.29, 0.717) is 11.4 Å². The van der Waals surface area contributed by atoms with Crippen molar-refractivity contribution in [2.45, 2.75) is 6.92 Å². The summed E-state index contributed by atoms with van der Waals surface area (Å²) in [5.74, 6) is 0.797. The number of aromatic nitrogens is 4. The predicted molar refractivity (Wildman–Crippen MR) is 70.5 cm³/mol. The Kier molecular flexibility index (Phi) is 2.39. The first-order valence-corrected chi connectivity index (χ1v) is 5.68. The first kappa shape index (κ1) is 11.2. The zero-order chi connectivity index (χ0) is 13.4. The van der Waals surface area contributed by atoms with E-state index >= 15 is 0 Å². The molecule has 0 radical (unpaired) electrons. The molecule has 92 valence electrons. The molecule has 0 aliphatic rings. The summed E-state index contributed by atoms with van der Waals surface area (Å²) in [7, 11) is 0. The molecule has 0 aliphatic carbocycles. The van der Waals surface area contributed by atoms with E-state index in [1.165, 1.54) is 10.9 Å². The fourth-order valence-electron chi connectivity index (χ4n) is 1.99. The zero-order valence-corrected chi connectivity index (χ0v) is 10.2. The quantitative estimate of drug-likeness (QED) is 0.707. The highest BCUT2D eigenvalue weighted by Gasteiger charge is 2.13. The Hall–Kier alpha value is -2.94. The molecule has 0 atom stereocenters. The average molecular weight is 250 g/mol. The summed E-state index contributed by atoms with van der Waals surface area (Å²) in [5.41, 5.74) is 7.05. The highest BCUT2D eigenvalue weighted by atomic mass is 15.4. The van der Waals surface area contributed by atoms with Gasteiger partial charge in [-0.05, 0) is 6.92 Å². The number of benzene rings is 1. The van der Waals surface area contributed by atoms with Crippen molar-refractivity contribution in [3.05, 3.63) is 41.7 Å². The number of fused-ring (bicyclic) bond motifs is 1. The number of nitrogen functional groups attached to an aromatic ring is 1. The molecule has 19 heavy (non-hydrogen) atoms. The van der Waals surface area contributed by atoms with E-state index in [-0.39, 0.29) is 5.82 Å². The summed E-state index contributed by atoms with van der Waals surface area (Å²) >= 11 is 0. The second-order valence-electron chi connectivity index (χ2n) is 4.12. The van der Waals surface area contributed by atoms with Crippen LogP contribution in [0.2, 0.25) is 0 Å². The van der Waals surface area contributed by atoms with Crippen molar-refractivity contribution in [3.8, 4) is 11.9 Å². The number of aryl methyl sites for hydroxylation is 1. The zero-order valence-electron chi connectivity index (χ0n) is 10.2. The lowest BCUT2D eigenvalue weighted by molar-refractivity contribution is 0.827. The molecule has 0 bridgehead atoms. The van der Waals surface area contributed by atoms with Crippen molar-refractivity contribution in [1.82, 2.24) is 20.0 Å². The molecule has 0 spiro atoms. The maximum absolute atomic E-state index is 8.92. The molecule has 2 N–H and O–H groups in total. The fourth-order valence-corrected chi connectivity index (χ4v) is 1.99. The van der Waals surface area contributed by atoms with Crippen molar-refractivity contribution in [2.75, 3.05) is 5.73 Å². The van der Waals surface area contributed by atoms with Crippen LogP contribution < -0.4 is 5.73 Å². The van der Waals surface area contributed by atoms with Crippen LogP contribution in [0.15, 0.2) is 30.5 Å². The van der Waals surface area contributed by atoms with E-state index in [1.54, 1.807) is 0 Å². The van der Waals surface area contributed by atoms with Gasteiger partial charge in [-0.25, -0.2) is 0 Å². The summed E-state index contributed by atoms with van der Waals surface area (Å²) in [6.45, 7) is 1.90. The van der Waals surface area contributed by atoms with Crippen LogP contribution in [0.25, 0.3) is 16.6 Å². The van der Waals surface area contributed by atoms with Gasteiger partial charge in [-0.1, -0.05) is 24.3 Å². The van der Waals surface area contributed by atoms with Gasteiger partial charge in [0.2, 0.25) is 0 Å². The number of hydrogen-bond acceptors (Lipinski definition) is 5. The largest absolute Gasteiger partial charge is 0.382 e. The Morgan fingerprint density at radius 1 is 1.21 bits per heavy atom. The molecule has 2 aromatic heterocycles. The number of rotatable bonds is 1. The molecule has 0 fully saturated rings. The monoisotopic (exact) mass is 250 g/mol. The second-order valence-corrected chi connectivity index (χ2v) is 4.12. The molecule has 1 aromatic carbocycles. The van der Waals surface area contributed by atoms with Crippen LogP contribution in [0.1, 0.15) is 11.3 Å². The summed E-state index contributed by atoms with van der Waals surface area (Å²) in [4.78, 5) is 0. The molecule has 0 saturated carbocycles. The average Bonchev–Trinajstić information content (AvgIpc) is 2.81. The van der Waals surface area contributed by atoms with E-state index in [9.17, 15) is 0 Å². The third kappa shape index (κ3) is 1.60. The van der Waals surface area contributed by atoms with Crippen molar-refractivity contribution in [3.63, 3.8) is 0 Å². The fraction of sp³-hybridized carbons (Fsp3) is 0.0769. The number of nitriles is 1. The molecule has 2 heterocycles. The van der Waals surface area contributed by atoms with Crippen LogP contribution in [-0.4, -0.2) is 20.0 Å². The van der Waals surface area contributed by atoms with Gasteiger partial charge in [0, 0.05) is 10.8 Å². The minimum absolute atomic E-state index is 0.269. The molecular formula is C13H10N6. The van der Waals surface area contributed by atoms with Gasteiger partial charge < -0.3 is 5.73 Å². The minimum Gasteiger partial charge on any atom is -0.382 e. The highest BCUT2D eigenvalue weighted by molar-refractivity contribution is 5.90. The third-order valence-electron chi connectivity index (χ3n) is 2.98. The Labute approximate surface area is 109 Å². The van der Waals surface area contributed by atoms with Crippen molar-refractivity contribution >= 4 is 16.6 Å². The first-order valence-electron chi connectivity index (χ1n) is 5.68. The lowest BCUT2D eigenvalue weighted by Crippen LogP contribution is -2.07. The number of nitrogens with zero attached hydrogens (tertiary/aromatic N) is 5. The van der Waals surface area contributed by atoms with E-state index < -0.39 is 0 Å². The standard InChI is InChI=1S/C13H10N6/c1-8-10-4-2-3-5-11(10)13(18-17-8)19-12(15)9(6-14)7-16-19/h2-5,7H,15H2,1H3. The van der Waals surface area contributed by atoms with E-state index in [2.05, 4.69) is 15.3 Å². The molecule has 0 aliphatic heterocycles. The molecule has 0 unspecified atom stereocenters. The Morgan fingerprint density at radius 3 is 2.63 bits per heavy atom. The molecule has 0 amide bonds. The first-order chi connectivity index (χ1) is 9.22.